The lowest BCUT2D eigenvalue weighted by Crippen LogP contribution is -2.34. The Bertz CT molecular complexity index is 944. The van der Waals surface area contributed by atoms with Crippen LogP contribution in [0.25, 0.3) is 0 Å². The van der Waals surface area contributed by atoms with Crippen LogP contribution in [0.1, 0.15) is 5.56 Å². The molecule has 10 heteroatoms. The van der Waals surface area contributed by atoms with Gasteiger partial charge in [-0.3, -0.25) is 14.3 Å². The lowest BCUT2D eigenvalue weighted by Gasteiger charge is -2.26. The lowest BCUT2D eigenvalue weighted by molar-refractivity contribution is -0.387. The second-order valence-corrected chi connectivity index (χ2v) is 7.23. The SMILES string of the molecule is Cc1ccc(S(=O)(=O)OC[C@H]2COc3cc(F)c([N+](=O)[O-])cc3O2)cc1. The molecule has 0 aliphatic carbocycles. The number of hydrogen-bond acceptors (Lipinski definition) is 7. The van der Waals surface area contributed by atoms with E-state index < -0.39 is 32.7 Å². The Morgan fingerprint density at radius 1 is 1.27 bits per heavy atom. The van der Waals surface area contributed by atoms with E-state index in [2.05, 4.69) is 0 Å². The van der Waals surface area contributed by atoms with Crippen LogP contribution in [0, 0.1) is 22.9 Å². The number of nitrogens with zero attached hydrogens (tertiary/aromatic N) is 1. The van der Waals surface area contributed by atoms with Gasteiger partial charge in [0.05, 0.1) is 15.9 Å². The number of fused-ring (bicyclic) bond motifs is 1. The highest BCUT2D eigenvalue weighted by Gasteiger charge is 2.28. The molecule has 0 fully saturated rings. The Labute approximate surface area is 148 Å². The maximum atomic E-state index is 13.6. The third-order valence-electron chi connectivity index (χ3n) is 3.65. The molecule has 0 N–H and O–H groups in total. The number of nitro benzene ring substituents is 1. The fourth-order valence-corrected chi connectivity index (χ4v) is 3.22. The molecule has 0 bridgehead atoms. The number of ether oxygens (including phenoxy) is 2. The molecule has 0 amide bonds. The van der Waals surface area contributed by atoms with Crippen molar-refractivity contribution in [3.8, 4) is 11.5 Å². The molecule has 138 valence electrons. The van der Waals surface area contributed by atoms with Crippen molar-refractivity contribution in [3.05, 3.63) is 57.9 Å². The van der Waals surface area contributed by atoms with Crippen molar-refractivity contribution in [2.45, 2.75) is 17.9 Å². The van der Waals surface area contributed by atoms with Crippen molar-refractivity contribution in [3.63, 3.8) is 0 Å². The molecule has 1 heterocycles. The highest BCUT2D eigenvalue weighted by molar-refractivity contribution is 7.86. The number of rotatable bonds is 5. The molecule has 1 atom stereocenters. The van der Waals surface area contributed by atoms with Gasteiger partial charge in [0.2, 0.25) is 5.82 Å². The van der Waals surface area contributed by atoms with Crippen molar-refractivity contribution in [2.24, 2.45) is 0 Å². The minimum absolute atomic E-state index is 0.00191. The van der Waals surface area contributed by atoms with Crippen LogP contribution < -0.4 is 9.47 Å². The van der Waals surface area contributed by atoms with Crippen LogP contribution in [-0.2, 0) is 14.3 Å². The standard InChI is InChI=1S/C16H14FNO7S/c1-10-2-4-12(5-3-10)26(21,22)24-9-11-8-23-15-6-13(17)14(18(19)20)7-16(15)25-11/h2-7,11H,8-9H2,1H3/t11-/m1/s1. The largest absolute Gasteiger partial charge is 0.486 e. The van der Waals surface area contributed by atoms with Gasteiger partial charge in [-0.1, -0.05) is 17.7 Å². The van der Waals surface area contributed by atoms with Gasteiger partial charge in [-0.2, -0.15) is 12.8 Å². The summed E-state index contributed by atoms with van der Waals surface area (Å²) in [6.07, 6.45) is -0.826. The molecule has 0 saturated carbocycles. The molecule has 0 unspecified atom stereocenters. The number of aryl methyl sites for hydroxylation is 1. The van der Waals surface area contributed by atoms with Crippen LogP contribution in [0.3, 0.4) is 0 Å². The topological polar surface area (TPSA) is 105 Å². The Balaban J connectivity index is 1.70. The van der Waals surface area contributed by atoms with Gasteiger partial charge in [0.1, 0.15) is 13.2 Å². The normalized spacial score (nSPS) is 16.3. The summed E-state index contributed by atoms with van der Waals surface area (Å²) in [6, 6.07) is 7.87. The Morgan fingerprint density at radius 2 is 1.96 bits per heavy atom. The first kappa shape index (κ1) is 18.1. The predicted molar refractivity (Wildman–Crippen MR) is 87.3 cm³/mol. The summed E-state index contributed by atoms with van der Waals surface area (Å²) in [6.45, 7) is 1.37. The van der Waals surface area contributed by atoms with Crippen molar-refractivity contribution >= 4 is 15.8 Å². The highest BCUT2D eigenvalue weighted by atomic mass is 32.2. The molecule has 1 aliphatic heterocycles. The van der Waals surface area contributed by atoms with Gasteiger partial charge in [0.15, 0.2) is 17.6 Å². The zero-order valence-corrected chi connectivity index (χ0v) is 14.4. The van der Waals surface area contributed by atoms with E-state index in [1.54, 1.807) is 12.1 Å². The minimum atomic E-state index is -3.99. The molecule has 0 aromatic heterocycles. The maximum Gasteiger partial charge on any atom is 0.308 e. The van der Waals surface area contributed by atoms with Crippen LogP contribution >= 0.6 is 0 Å². The van der Waals surface area contributed by atoms with E-state index >= 15 is 0 Å². The van der Waals surface area contributed by atoms with Gasteiger partial charge in [0.25, 0.3) is 10.1 Å². The fourth-order valence-electron chi connectivity index (χ4n) is 2.29. The smallest absolute Gasteiger partial charge is 0.308 e. The Hall–Kier alpha value is -2.72. The molecule has 0 spiro atoms. The van der Waals surface area contributed by atoms with E-state index in [9.17, 15) is 22.9 Å². The summed E-state index contributed by atoms with van der Waals surface area (Å²) in [5, 5.41) is 10.8. The number of hydrogen-bond donors (Lipinski definition) is 0. The third kappa shape index (κ3) is 3.75. The molecular formula is C16H14FNO7S. The minimum Gasteiger partial charge on any atom is -0.486 e. The molecule has 0 radical (unpaired) electrons. The quantitative estimate of drug-likeness (QED) is 0.444. The van der Waals surface area contributed by atoms with Crippen molar-refractivity contribution < 1.29 is 31.4 Å². The first-order valence-corrected chi connectivity index (χ1v) is 8.90. The van der Waals surface area contributed by atoms with Crippen LogP contribution in [0.5, 0.6) is 11.5 Å². The molecule has 2 aromatic carbocycles. The highest BCUT2D eigenvalue weighted by Crippen LogP contribution is 2.37. The van der Waals surface area contributed by atoms with E-state index in [0.717, 1.165) is 17.7 Å². The molecule has 3 rings (SSSR count). The molecule has 26 heavy (non-hydrogen) atoms. The molecule has 2 aromatic rings. The monoisotopic (exact) mass is 383 g/mol. The summed E-state index contributed by atoms with van der Waals surface area (Å²) in [5.74, 6) is -1.09. The van der Waals surface area contributed by atoms with E-state index in [-0.39, 0.29) is 29.6 Å². The third-order valence-corrected chi connectivity index (χ3v) is 4.94. The van der Waals surface area contributed by atoms with Crippen LogP contribution in [0.4, 0.5) is 10.1 Å². The zero-order valence-electron chi connectivity index (χ0n) is 13.5. The summed E-state index contributed by atoms with van der Waals surface area (Å²) < 4.78 is 53.6. The van der Waals surface area contributed by atoms with Gasteiger partial charge >= 0.3 is 5.69 Å². The van der Waals surface area contributed by atoms with Crippen LogP contribution in [-0.4, -0.2) is 32.7 Å². The number of benzene rings is 2. The summed E-state index contributed by atoms with van der Waals surface area (Å²) in [7, 11) is -3.99. The summed E-state index contributed by atoms with van der Waals surface area (Å²) in [4.78, 5) is 9.90. The maximum absolute atomic E-state index is 13.6. The first-order valence-electron chi connectivity index (χ1n) is 7.50. The Morgan fingerprint density at radius 3 is 2.62 bits per heavy atom. The van der Waals surface area contributed by atoms with Crippen LogP contribution in [0.15, 0.2) is 41.3 Å². The molecule has 8 nitrogen and oxygen atoms in total. The zero-order chi connectivity index (χ0) is 18.9. The van der Waals surface area contributed by atoms with E-state index in [4.69, 9.17) is 13.7 Å². The average molecular weight is 383 g/mol. The van der Waals surface area contributed by atoms with Crippen molar-refractivity contribution in [1.29, 1.82) is 0 Å². The second kappa shape index (κ2) is 6.89. The van der Waals surface area contributed by atoms with E-state index in [0.29, 0.717) is 0 Å². The number of halogens is 1. The second-order valence-electron chi connectivity index (χ2n) is 5.61. The summed E-state index contributed by atoms with van der Waals surface area (Å²) in [5.41, 5.74) is 0.139. The van der Waals surface area contributed by atoms with Gasteiger partial charge in [0, 0.05) is 6.07 Å². The van der Waals surface area contributed by atoms with Gasteiger partial charge in [-0.15, -0.1) is 0 Å². The predicted octanol–water partition coefficient (Wildman–Crippen LogP) is 2.59. The number of nitro groups is 1. The molecule has 0 saturated heterocycles. The van der Waals surface area contributed by atoms with Gasteiger partial charge in [-0.05, 0) is 19.1 Å². The van der Waals surface area contributed by atoms with Crippen molar-refractivity contribution in [1.82, 2.24) is 0 Å². The lowest BCUT2D eigenvalue weighted by atomic mass is 10.2. The average Bonchev–Trinajstić information content (AvgIpc) is 2.59. The Kier molecular flexibility index (Phi) is 4.79. The molecular weight excluding hydrogens is 369 g/mol. The van der Waals surface area contributed by atoms with Crippen LogP contribution in [0.2, 0.25) is 0 Å². The molecule has 1 aliphatic rings. The van der Waals surface area contributed by atoms with E-state index in [1.165, 1.54) is 12.1 Å². The first-order chi connectivity index (χ1) is 12.3. The van der Waals surface area contributed by atoms with Gasteiger partial charge in [-0.25, -0.2) is 0 Å². The van der Waals surface area contributed by atoms with Crippen molar-refractivity contribution in [2.75, 3.05) is 13.2 Å². The van der Waals surface area contributed by atoms with Gasteiger partial charge < -0.3 is 9.47 Å². The summed E-state index contributed by atoms with van der Waals surface area (Å²) >= 11 is 0. The van der Waals surface area contributed by atoms with E-state index in [1.807, 2.05) is 6.92 Å². The fraction of sp³-hybridized carbons (Fsp3) is 0.250.